The number of hydrogen-bond acceptors (Lipinski definition) is 4. The second-order valence-electron chi connectivity index (χ2n) is 6.35. The molecular formula is C19H23NO4S. The molecule has 6 heteroatoms. The zero-order valence-electron chi connectivity index (χ0n) is 14.1. The lowest BCUT2D eigenvalue weighted by Gasteiger charge is -2.28. The minimum Gasteiger partial charge on any atom is -0.467 e. The van der Waals surface area contributed by atoms with Gasteiger partial charge in [0.05, 0.1) is 23.0 Å². The zero-order valence-corrected chi connectivity index (χ0v) is 15.0. The van der Waals surface area contributed by atoms with Crippen LogP contribution in [0.25, 0.3) is 0 Å². The normalized spacial score (nSPS) is 18.7. The Bertz CT molecular complexity index is 784. The number of likely N-dealkylation sites (tertiary alicyclic amines) is 1. The summed E-state index contributed by atoms with van der Waals surface area (Å²) in [6.45, 7) is 0.648. The first-order valence-electron chi connectivity index (χ1n) is 8.68. The van der Waals surface area contributed by atoms with Crippen molar-refractivity contribution in [2.24, 2.45) is 0 Å². The minimum absolute atomic E-state index is 0.00552. The molecular weight excluding hydrogens is 338 g/mol. The Labute approximate surface area is 148 Å². The van der Waals surface area contributed by atoms with Crippen LogP contribution in [-0.2, 0) is 14.6 Å². The fraction of sp³-hybridized carbons (Fsp3) is 0.421. The number of sulfone groups is 1. The smallest absolute Gasteiger partial charge is 0.224 e. The van der Waals surface area contributed by atoms with Crippen molar-refractivity contribution in [3.63, 3.8) is 0 Å². The van der Waals surface area contributed by atoms with E-state index in [0.717, 1.165) is 31.4 Å². The summed E-state index contributed by atoms with van der Waals surface area (Å²) >= 11 is 0. The lowest BCUT2D eigenvalue weighted by atomic mass is 10.1. The first-order chi connectivity index (χ1) is 12.1. The van der Waals surface area contributed by atoms with Crippen LogP contribution in [0.3, 0.4) is 0 Å². The first kappa shape index (κ1) is 17.7. The Balaban J connectivity index is 1.70. The fourth-order valence-electron chi connectivity index (χ4n) is 3.29. The molecule has 134 valence electrons. The molecule has 0 aliphatic carbocycles. The molecule has 0 unspecified atom stereocenters. The summed E-state index contributed by atoms with van der Waals surface area (Å²) < 4.78 is 30.3. The second-order valence-corrected chi connectivity index (χ2v) is 8.46. The number of nitrogens with zero attached hydrogens (tertiary/aromatic N) is 1. The van der Waals surface area contributed by atoms with Crippen LogP contribution in [0.1, 0.15) is 43.9 Å². The van der Waals surface area contributed by atoms with Crippen molar-refractivity contribution < 1.29 is 17.6 Å². The topological polar surface area (TPSA) is 67.6 Å². The molecule has 1 aliphatic heterocycles. The van der Waals surface area contributed by atoms with Crippen molar-refractivity contribution in [2.75, 3.05) is 12.3 Å². The van der Waals surface area contributed by atoms with E-state index in [1.807, 2.05) is 12.1 Å². The van der Waals surface area contributed by atoms with Crippen LogP contribution in [-0.4, -0.2) is 31.5 Å². The van der Waals surface area contributed by atoms with E-state index in [9.17, 15) is 13.2 Å². The molecule has 5 nitrogen and oxygen atoms in total. The van der Waals surface area contributed by atoms with Gasteiger partial charge in [-0.3, -0.25) is 4.79 Å². The van der Waals surface area contributed by atoms with Crippen LogP contribution in [0.5, 0.6) is 0 Å². The van der Waals surface area contributed by atoms with Crippen LogP contribution in [0.2, 0.25) is 0 Å². The lowest BCUT2D eigenvalue weighted by Crippen LogP contribution is -2.35. The summed E-state index contributed by atoms with van der Waals surface area (Å²) in [4.78, 5) is 14.8. The maximum absolute atomic E-state index is 12.8. The Morgan fingerprint density at radius 2 is 1.88 bits per heavy atom. The minimum atomic E-state index is -3.45. The lowest BCUT2D eigenvalue weighted by molar-refractivity contribution is -0.133. The number of carbonyl (C=O) groups excluding carboxylic acids is 1. The van der Waals surface area contributed by atoms with E-state index >= 15 is 0 Å². The van der Waals surface area contributed by atoms with Crippen LogP contribution in [0.4, 0.5) is 0 Å². The maximum atomic E-state index is 12.8. The second kappa shape index (κ2) is 7.87. The number of carbonyl (C=O) groups is 1. The summed E-state index contributed by atoms with van der Waals surface area (Å²) in [5, 5.41) is 0. The van der Waals surface area contributed by atoms with Gasteiger partial charge in [0, 0.05) is 13.0 Å². The van der Waals surface area contributed by atoms with Gasteiger partial charge in [-0.15, -0.1) is 0 Å². The molecule has 25 heavy (non-hydrogen) atoms. The van der Waals surface area contributed by atoms with E-state index in [-0.39, 0.29) is 29.0 Å². The molecule has 3 rings (SSSR count). The number of benzene rings is 1. The predicted octanol–water partition coefficient (Wildman–Crippen LogP) is 3.59. The van der Waals surface area contributed by atoms with Gasteiger partial charge >= 0.3 is 0 Å². The van der Waals surface area contributed by atoms with Gasteiger partial charge in [0.2, 0.25) is 5.91 Å². The Morgan fingerprint density at radius 3 is 2.60 bits per heavy atom. The standard InChI is InChI=1S/C19H23NO4S/c21-19(12-15-25(22,23)16-8-3-1-4-9-16)20-13-6-2-5-10-17(20)18-11-7-14-24-18/h1,3-4,7-9,11,14,17H,2,5-6,10,12-13,15H2/t17-/m0/s1. The number of rotatable bonds is 5. The highest BCUT2D eigenvalue weighted by Crippen LogP contribution is 2.31. The van der Waals surface area contributed by atoms with Crippen molar-refractivity contribution in [1.29, 1.82) is 0 Å². The summed E-state index contributed by atoms with van der Waals surface area (Å²) in [7, 11) is -3.45. The highest BCUT2D eigenvalue weighted by molar-refractivity contribution is 7.91. The molecule has 1 aliphatic rings. The number of amides is 1. The molecule has 1 saturated heterocycles. The molecule has 2 heterocycles. The quantitative estimate of drug-likeness (QED) is 0.816. The van der Waals surface area contributed by atoms with Crippen LogP contribution >= 0.6 is 0 Å². The maximum Gasteiger partial charge on any atom is 0.224 e. The first-order valence-corrected chi connectivity index (χ1v) is 10.3. The predicted molar refractivity (Wildman–Crippen MR) is 94.7 cm³/mol. The third-order valence-corrected chi connectivity index (χ3v) is 6.36. The average molecular weight is 361 g/mol. The van der Waals surface area contributed by atoms with E-state index in [2.05, 4.69) is 0 Å². The molecule has 0 bridgehead atoms. The van der Waals surface area contributed by atoms with Gasteiger partial charge in [-0.25, -0.2) is 8.42 Å². The van der Waals surface area contributed by atoms with Crippen molar-refractivity contribution in [3.05, 3.63) is 54.5 Å². The molecule has 1 amide bonds. The third kappa shape index (κ3) is 4.31. The van der Waals surface area contributed by atoms with Crippen molar-refractivity contribution in [1.82, 2.24) is 4.90 Å². The van der Waals surface area contributed by atoms with Gasteiger partial charge in [0.25, 0.3) is 0 Å². The average Bonchev–Trinajstić information content (AvgIpc) is 3.05. The summed E-state index contributed by atoms with van der Waals surface area (Å²) in [6, 6.07) is 11.9. The van der Waals surface area contributed by atoms with E-state index in [0.29, 0.717) is 6.54 Å². The van der Waals surface area contributed by atoms with Crippen molar-refractivity contribution in [2.45, 2.75) is 43.0 Å². The fourth-order valence-corrected chi connectivity index (χ4v) is 4.55. The Hall–Kier alpha value is -2.08. The highest BCUT2D eigenvalue weighted by atomic mass is 32.2. The number of hydrogen-bond donors (Lipinski definition) is 0. The van der Waals surface area contributed by atoms with Gasteiger partial charge in [0.1, 0.15) is 5.76 Å². The molecule has 0 spiro atoms. The van der Waals surface area contributed by atoms with E-state index in [1.54, 1.807) is 41.5 Å². The molecule has 2 aromatic rings. The molecule has 1 aromatic carbocycles. The summed E-state index contributed by atoms with van der Waals surface area (Å²) in [6.07, 6.45) is 5.51. The Morgan fingerprint density at radius 1 is 1.08 bits per heavy atom. The molecule has 1 atom stereocenters. The molecule has 1 fully saturated rings. The van der Waals surface area contributed by atoms with Gasteiger partial charge in [0.15, 0.2) is 9.84 Å². The molecule has 0 saturated carbocycles. The van der Waals surface area contributed by atoms with Crippen molar-refractivity contribution in [3.8, 4) is 0 Å². The van der Waals surface area contributed by atoms with Gasteiger partial charge in [-0.2, -0.15) is 0 Å². The monoisotopic (exact) mass is 361 g/mol. The van der Waals surface area contributed by atoms with Crippen LogP contribution < -0.4 is 0 Å². The largest absolute Gasteiger partial charge is 0.467 e. The molecule has 1 aromatic heterocycles. The van der Waals surface area contributed by atoms with Crippen molar-refractivity contribution >= 4 is 15.7 Å². The number of furan rings is 1. The van der Waals surface area contributed by atoms with Gasteiger partial charge < -0.3 is 9.32 Å². The Kier molecular flexibility index (Phi) is 5.58. The van der Waals surface area contributed by atoms with Crippen LogP contribution in [0.15, 0.2) is 58.0 Å². The molecule has 0 radical (unpaired) electrons. The van der Waals surface area contributed by atoms with Gasteiger partial charge in [-0.1, -0.05) is 31.0 Å². The van der Waals surface area contributed by atoms with Crippen LogP contribution in [0, 0.1) is 0 Å². The highest BCUT2D eigenvalue weighted by Gasteiger charge is 2.29. The summed E-state index contributed by atoms with van der Waals surface area (Å²) in [5.74, 6) is 0.487. The molecule has 0 N–H and O–H groups in total. The van der Waals surface area contributed by atoms with Gasteiger partial charge in [-0.05, 0) is 37.1 Å². The summed E-state index contributed by atoms with van der Waals surface area (Å²) in [5.41, 5.74) is 0. The zero-order chi connectivity index (χ0) is 17.7. The van der Waals surface area contributed by atoms with E-state index < -0.39 is 9.84 Å². The SMILES string of the molecule is O=C(CCS(=O)(=O)c1ccccc1)N1CCCCC[C@H]1c1ccco1. The van der Waals surface area contributed by atoms with E-state index in [4.69, 9.17) is 4.42 Å². The van der Waals surface area contributed by atoms with E-state index in [1.165, 1.54) is 0 Å². The third-order valence-electron chi connectivity index (χ3n) is 4.63.